The molecular weight excluding hydrogens is 288 g/mol. The van der Waals surface area contributed by atoms with E-state index in [2.05, 4.69) is 25.9 Å². The van der Waals surface area contributed by atoms with Crippen LogP contribution in [0.4, 0.5) is 0 Å². The van der Waals surface area contributed by atoms with Gasteiger partial charge in [-0.1, -0.05) is 0 Å². The molecule has 0 saturated carbocycles. The number of aliphatic carboxylic acids is 1. The predicted octanol–water partition coefficient (Wildman–Crippen LogP) is 2.08. The van der Waals surface area contributed by atoms with Crippen LogP contribution in [0.5, 0.6) is 0 Å². The summed E-state index contributed by atoms with van der Waals surface area (Å²) < 4.78 is 6.00. The highest BCUT2D eigenvalue weighted by Crippen LogP contribution is 2.29. The molecule has 0 aromatic carbocycles. The van der Waals surface area contributed by atoms with Gasteiger partial charge in [0.15, 0.2) is 4.73 Å². The molecule has 0 spiro atoms. The van der Waals surface area contributed by atoms with E-state index in [1.54, 1.807) is 0 Å². The van der Waals surface area contributed by atoms with Crippen molar-refractivity contribution < 1.29 is 14.6 Å². The Morgan fingerprint density at radius 1 is 1.53 bits per heavy atom. The summed E-state index contributed by atoms with van der Waals surface area (Å²) >= 11 is 3.31. The minimum Gasteiger partial charge on any atom is -0.481 e. The Morgan fingerprint density at radius 3 is 2.88 bits per heavy atom. The molecule has 1 aromatic heterocycles. The molecule has 0 unspecified atom stereocenters. The number of carboxylic acids is 1. The van der Waals surface area contributed by atoms with E-state index in [9.17, 15) is 4.79 Å². The molecular formula is C11H15BrN2O3. The molecule has 1 fully saturated rings. The zero-order chi connectivity index (χ0) is 12.3. The van der Waals surface area contributed by atoms with E-state index >= 15 is 0 Å². The maximum atomic E-state index is 10.6. The molecule has 1 aliphatic heterocycles. The summed E-state index contributed by atoms with van der Waals surface area (Å²) in [6, 6.07) is 0. The molecule has 0 atom stereocenters. The number of aryl methyl sites for hydroxylation is 1. The van der Waals surface area contributed by atoms with Gasteiger partial charge in [0.2, 0.25) is 0 Å². The highest BCUT2D eigenvalue weighted by molar-refractivity contribution is 9.10. The van der Waals surface area contributed by atoms with Gasteiger partial charge in [0.25, 0.3) is 0 Å². The summed E-state index contributed by atoms with van der Waals surface area (Å²) in [6.45, 7) is 1.51. The third kappa shape index (κ3) is 3.29. The van der Waals surface area contributed by atoms with E-state index in [1.807, 2.05) is 0 Å². The average molecular weight is 303 g/mol. The number of nitrogens with zero attached hydrogens (tertiary/aromatic N) is 1. The van der Waals surface area contributed by atoms with Crippen LogP contribution in [0, 0.1) is 0 Å². The Kier molecular flexibility index (Phi) is 4.17. The second kappa shape index (κ2) is 5.64. The van der Waals surface area contributed by atoms with Crippen molar-refractivity contribution in [3.8, 4) is 0 Å². The van der Waals surface area contributed by atoms with Crippen molar-refractivity contribution in [3.63, 3.8) is 0 Å². The molecule has 0 aliphatic carbocycles. The normalized spacial score (nSPS) is 17.2. The topological polar surface area (TPSA) is 75.2 Å². The van der Waals surface area contributed by atoms with Crippen molar-refractivity contribution in [2.45, 2.75) is 31.6 Å². The maximum absolute atomic E-state index is 10.6. The third-order valence-electron chi connectivity index (χ3n) is 2.98. The molecule has 1 aliphatic rings. The van der Waals surface area contributed by atoms with Crippen LogP contribution >= 0.6 is 15.9 Å². The minimum absolute atomic E-state index is 0.130. The summed E-state index contributed by atoms with van der Waals surface area (Å²) in [4.78, 5) is 18.1. The number of halogens is 1. The number of hydrogen-bond donors (Lipinski definition) is 2. The maximum Gasteiger partial charge on any atom is 0.303 e. The zero-order valence-corrected chi connectivity index (χ0v) is 11.0. The van der Waals surface area contributed by atoms with Gasteiger partial charge in [0, 0.05) is 24.8 Å². The Balaban J connectivity index is 2.11. The average Bonchev–Trinajstić information content (AvgIpc) is 2.69. The van der Waals surface area contributed by atoms with Gasteiger partial charge >= 0.3 is 5.97 Å². The van der Waals surface area contributed by atoms with Gasteiger partial charge in [-0.3, -0.25) is 4.79 Å². The van der Waals surface area contributed by atoms with Crippen molar-refractivity contribution in [2.75, 3.05) is 13.2 Å². The number of nitrogens with one attached hydrogen (secondary N) is 1. The fraction of sp³-hybridized carbons (Fsp3) is 0.636. The molecule has 6 heteroatoms. The van der Waals surface area contributed by atoms with E-state index in [0.717, 1.165) is 37.4 Å². The molecule has 2 rings (SSSR count). The molecule has 1 saturated heterocycles. The van der Waals surface area contributed by atoms with E-state index in [4.69, 9.17) is 9.84 Å². The van der Waals surface area contributed by atoms with Gasteiger partial charge in [0.05, 0.1) is 12.1 Å². The highest BCUT2D eigenvalue weighted by Gasteiger charge is 2.22. The number of ether oxygens (including phenoxy) is 1. The van der Waals surface area contributed by atoms with Gasteiger partial charge in [-0.2, -0.15) is 0 Å². The molecule has 17 heavy (non-hydrogen) atoms. The summed E-state index contributed by atoms with van der Waals surface area (Å²) in [5.41, 5.74) is 1.94. The summed E-state index contributed by atoms with van der Waals surface area (Å²) in [5.74, 6) is -0.399. The zero-order valence-electron chi connectivity index (χ0n) is 9.41. The van der Waals surface area contributed by atoms with Crippen LogP contribution in [-0.2, 0) is 16.0 Å². The van der Waals surface area contributed by atoms with Crippen LogP contribution in [0.25, 0.3) is 0 Å². The lowest BCUT2D eigenvalue weighted by Crippen LogP contribution is -2.16. The number of aromatic amines is 1. The van der Waals surface area contributed by atoms with Crippen molar-refractivity contribution in [3.05, 3.63) is 16.1 Å². The molecule has 0 radical (unpaired) electrons. The molecule has 2 heterocycles. The number of rotatable bonds is 4. The monoisotopic (exact) mass is 302 g/mol. The number of hydrogen-bond acceptors (Lipinski definition) is 3. The SMILES string of the molecule is O=C(O)CCc1[nH]c(Br)nc1C1CCOCC1. The number of imidazole rings is 1. The molecule has 0 bridgehead atoms. The van der Waals surface area contributed by atoms with Crippen molar-refractivity contribution in [2.24, 2.45) is 0 Å². The first-order chi connectivity index (χ1) is 8.16. The first-order valence-electron chi connectivity index (χ1n) is 5.70. The minimum atomic E-state index is -0.784. The fourth-order valence-electron chi connectivity index (χ4n) is 2.12. The number of aromatic nitrogens is 2. The van der Waals surface area contributed by atoms with E-state index in [1.165, 1.54) is 0 Å². The van der Waals surface area contributed by atoms with Crippen LogP contribution < -0.4 is 0 Å². The molecule has 5 nitrogen and oxygen atoms in total. The smallest absolute Gasteiger partial charge is 0.303 e. The van der Waals surface area contributed by atoms with Crippen molar-refractivity contribution >= 4 is 21.9 Å². The van der Waals surface area contributed by atoms with Gasteiger partial charge in [-0.25, -0.2) is 4.98 Å². The van der Waals surface area contributed by atoms with Crippen LogP contribution in [0.2, 0.25) is 0 Å². The second-order valence-corrected chi connectivity index (χ2v) is 4.92. The Labute approximate surface area is 108 Å². The number of carboxylic acid groups (broad SMARTS) is 1. The second-order valence-electron chi connectivity index (χ2n) is 4.17. The van der Waals surface area contributed by atoms with Gasteiger partial charge in [-0.05, 0) is 35.2 Å². The lowest BCUT2D eigenvalue weighted by molar-refractivity contribution is -0.136. The van der Waals surface area contributed by atoms with Crippen LogP contribution in [0.15, 0.2) is 4.73 Å². The lowest BCUT2D eigenvalue weighted by atomic mass is 9.94. The summed E-state index contributed by atoms with van der Waals surface area (Å²) in [5, 5.41) is 8.72. The number of carbonyl (C=O) groups is 1. The Bertz CT molecular complexity index is 399. The van der Waals surface area contributed by atoms with Crippen LogP contribution in [0.3, 0.4) is 0 Å². The van der Waals surface area contributed by atoms with Crippen LogP contribution in [-0.4, -0.2) is 34.3 Å². The van der Waals surface area contributed by atoms with Gasteiger partial charge < -0.3 is 14.8 Å². The standard InChI is InChI=1S/C11H15BrN2O3/c12-11-13-8(1-2-9(15)16)10(14-11)7-3-5-17-6-4-7/h7H,1-6H2,(H,13,14)(H,15,16). The lowest BCUT2D eigenvalue weighted by Gasteiger charge is -2.21. The van der Waals surface area contributed by atoms with Crippen molar-refractivity contribution in [1.29, 1.82) is 0 Å². The molecule has 1 aromatic rings. The van der Waals surface area contributed by atoms with E-state index in [-0.39, 0.29) is 6.42 Å². The Hall–Kier alpha value is -0.880. The first-order valence-corrected chi connectivity index (χ1v) is 6.50. The number of H-pyrrole nitrogens is 1. The van der Waals surface area contributed by atoms with E-state index < -0.39 is 5.97 Å². The van der Waals surface area contributed by atoms with Crippen molar-refractivity contribution in [1.82, 2.24) is 9.97 Å². The third-order valence-corrected chi connectivity index (χ3v) is 3.35. The molecule has 0 amide bonds. The quantitative estimate of drug-likeness (QED) is 0.893. The molecule has 94 valence electrons. The largest absolute Gasteiger partial charge is 0.481 e. The highest BCUT2D eigenvalue weighted by atomic mass is 79.9. The summed E-state index contributed by atoms with van der Waals surface area (Å²) in [6.07, 6.45) is 2.54. The molecule has 2 N–H and O–H groups in total. The van der Waals surface area contributed by atoms with Gasteiger partial charge in [-0.15, -0.1) is 0 Å². The van der Waals surface area contributed by atoms with Crippen LogP contribution in [0.1, 0.15) is 36.6 Å². The van der Waals surface area contributed by atoms with E-state index in [0.29, 0.717) is 17.1 Å². The predicted molar refractivity (Wildman–Crippen MR) is 65.0 cm³/mol. The Morgan fingerprint density at radius 2 is 2.24 bits per heavy atom. The van der Waals surface area contributed by atoms with Gasteiger partial charge in [0.1, 0.15) is 0 Å². The summed E-state index contributed by atoms with van der Waals surface area (Å²) in [7, 11) is 0. The fourth-order valence-corrected chi connectivity index (χ4v) is 2.55. The first kappa shape index (κ1) is 12.6.